The van der Waals surface area contributed by atoms with E-state index in [2.05, 4.69) is 4.99 Å². The van der Waals surface area contributed by atoms with Crippen molar-refractivity contribution in [3.8, 4) is 23.0 Å². The number of para-hydroxylation sites is 1. The maximum absolute atomic E-state index is 13.2. The SMILES string of the molecule is CCOC(=O)CCn1c(=NC(=O)c2cccc(Oc3ccccc3)c2)sc2cc3c(cc21)OCCO3. The molecule has 0 aliphatic carbocycles. The summed E-state index contributed by atoms with van der Waals surface area (Å²) in [6.07, 6.45) is 0.149. The Labute approximate surface area is 211 Å². The van der Waals surface area contributed by atoms with Gasteiger partial charge in [-0.25, -0.2) is 0 Å². The first kappa shape index (κ1) is 23.6. The highest BCUT2D eigenvalue weighted by atomic mass is 32.1. The number of hydrogen-bond donors (Lipinski definition) is 0. The highest BCUT2D eigenvalue weighted by Gasteiger charge is 2.18. The van der Waals surface area contributed by atoms with Crippen LogP contribution in [0, 0.1) is 0 Å². The number of thiazole rings is 1. The first-order chi connectivity index (χ1) is 17.6. The maximum atomic E-state index is 13.2. The van der Waals surface area contributed by atoms with Crippen LogP contribution in [0.3, 0.4) is 0 Å². The van der Waals surface area contributed by atoms with Crippen LogP contribution >= 0.6 is 11.3 Å². The third kappa shape index (κ3) is 5.26. The van der Waals surface area contributed by atoms with Crippen molar-refractivity contribution < 1.29 is 28.5 Å². The summed E-state index contributed by atoms with van der Waals surface area (Å²) in [6.45, 7) is 3.32. The molecule has 9 heteroatoms. The number of ether oxygens (including phenoxy) is 4. The quantitative estimate of drug-likeness (QED) is 0.331. The van der Waals surface area contributed by atoms with Crippen LogP contribution in [0.15, 0.2) is 71.7 Å². The summed E-state index contributed by atoms with van der Waals surface area (Å²) in [6, 6.07) is 20.0. The molecule has 0 radical (unpaired) electrons. The molecule has 3 aromatic carbocycles. The molecule has 4 aromatic rings. The minimum atomic E-state index is -0.415. The molecule has 8 nitrogen and oxygen atoms in total. The molecule has 5 rings (SSSR count). The number of hydrogen-bond acceptors (Lipinski definition) is 7. The fourth-order valence-corrected chi connectivity index (χ4v) is 4.88. The summed E-state index contributed by atoms with van der Waals surface area (Å²) < 4.78 is 25.1. The second-order valence-electron chi connectivity index (χ2n) is 7.91. The topological polar surface area (TPSA) is 88.4 Å². The lowest BCUT2D eigenvalue weighted by Gasteiger charge is -2.18. The molecule has 0 saturated carbocycles. The van der Waals surface area contributed by atoms with Gasteiger partial charge in [0, 0.05) is 24.2 Å². The van der Waals surface area contributed by atoms with Gasteiger partial charge in [0.2, 0.25) is 0 Å². The second-order valence-corrected chi connectivity index (χ2v) is 8.92. The standard InChI is InChI=1S/C27H24N2O6S/c1-2-32-25(30)11-12-29-21-16-22-23(34-14-13-33-22)17-24(21)36-27(29)28-26(31)18-7-6-10-20(15-18)35-19-8-4-3-5-9-19/h3-10,15-17H,2,11-14H2,1H3. The molecular weight excluding hydrogens is 480 g/mol. The van der Waals surface area contributed by atoms with E-state index in [0.29, 0.717) is 59.7 Å². The van der Waals surface area contributed by atoms with Crippen molar-refractivity contribution in [1.29, 1.82) is 0 Å². The predicted molar refractivity (Wildman–Crippen MR) is 135 cm³/mol. The lowest BCUT2D eigenvalue weighted by molar-refractivity contribution is -0.143. The first-order valence-electron chi connectivity index (χ1n) is 11.6. The van der Waals surface area contributed by atoms with Crippen LogP contribution in [0.1, 0.15) is 23.7 Å². The van der Waals surface area contributed by atoms with Gasteiger partial charge in [0.15, 0.2) is 16.3 Å². The summed E-state index contributed by atoms with van der Waals surface area (Å²) in [5.41, 5.74) is 1.20. The van der Waals surface area contributed by atoms with Gasteiger partial charge in [-0.3, -0.25) is 9.59 Å². The molecule has 0 N–H and O–H groups in total. The lowest BCUT2D eigenvalue weighted by Crippen LogP contribution is -2.20. The van der Waals surface area contributed by atoms with E-state index in [0.717, 1.165) is 10.2 Å². The number of esters is 1. The zero-order valence-corrected chi connectivity index (χ0v) is 20.5. The van der Waals surface area contributed by atoms with E-state index in [1.165, 1.54) is 11.3 Å². The van der Waals surface area contributed by atoms with Gasteiger partial charge < -0.3 is 23.5 Å². The van der Waals surface area contributed by atoms with Crippen LogP contribution in [-0.2, 0) is 16.1 Å². The molecule has 1 amide bonds. The second kappa shape index (κ2) is 10.7. The fraction of sp³-hybridized carbons (Fsp3) is 0.222. The van der Waals surface area contributed by atoms with Gasteiger partial charge >= 0.3 is 5.97 Å². The monoisotopic (exact) mass is 504 g/mol. The van der Waals surface area contributed by atoms with Crippen molar-refractivity contribution in [3.63, 3.8) is 0 Å². The minimum Gasteiger partial charge on any atom is -0.486 e. The van der Waals surface area contributed by atoms with E-state index in [9.17, 15) is 9.59 Å². The third-order valence-corrected chi connectivity index (χ3v) is 6.49. The molecule has 184 valence electrons. The van der Waals surface area contributed by atoms with Gasteiger partial charge in [-0.05, 0) is 37.3 Å². The summed E-state index contributed by atoms with van der Waals surface area (Å²) in [7, 11) is 0. The highest BCUT2D eigenvalue weighted by molar-refractivity contribution is 7.16. The van der Waals surface area contributed by atoms with E-state index in [1.54, 1.807) is 31.2 Å². The van der Waals surface area contributed by atoms with Crippen LogP contribution in [0.25, 0.3) is 10.2 Å². The molecule has 1 aliphatic rings. The van der Waals surface area contributed by atoms with Gasteiger partial charge in [0.05, 0.1) is 23.2 Å². The number of carbonyl (C=O) groups excluding carboxylic acids is 2. The van der Waals surface area contributed by atoms with E-state index < -0.39 is 5.91 Å². The van der Waals surface area contributed by atoms with Crippen LogP contribution in [-0.4, -0.2) is 36.3 Å². The molecule has 0 fully saturated rings. The number of aromatic nitrogens is 1. The van der Waals surface area contributed by atoms with Gasteiger partial charge in [0.1, 0.15) is 24.7 Å². The number of fused-ring (bicyclic) bond motifs is 2. The normalized spacial score (nSPS) is 13.0. The molecule has 0 unspecified atom stereocenters. The molecule has 0 bridgehead atoms. The van der Waals surface area contributed by atoms with Gasteiger partial charge in [-0.1, -0.05) is 35.6 Å². The van der Waals surface area contributed by atoms with Crippen LogP contribution in [0.2, 0.25) is 0 Å². The van der Waals surface area contributed by atoms with Gasteiger partial charge in [-0.2, -0.15) is 4.99 Å². The predicted octanol–water partition coefficient (Wildman–Crippen LogP) is 4.96. The van der Waals surface area contributed by atoms with Crippen molar-refractivity contribution in [3.05, 3.63) is 77.1 Å². The molecule has 0 saturated heterocycles. The van der Waals surface area contributed by atoms with Gasteiger partial charge in [-0.15, -0.1) is 0 Å². The van der Waals surface area contributed by atoms with Crippen molar-refractivity contribution in [2.24, 2.45) is 4.99 Å². The number of amides is 1. The summed E-state index contributed by atoms with van der Waals surface area (Å²) in [5.74, 6) is 1.76. The average molecular weight is 505 g/mol. The Morgan fingerprint density at radius 1 is 0.972 bits per heavy atom. The summed E-state index contributed by atoms with van der Waals surface area (Å²) in [4.78, 5) is 30.1. The highest BCUT2D eigenvalue weighted by Crippen LogP contribution is 2.35. The molecule has 1 aliphatic heterocycles. The van der Waals surface area contributed by atoms with Crippen molar-refractivity contribution in [1.82, 2.24) is 4.57 Å². The Hall–Kier alpha value is -4.11. The maximum Gasteiger partial charge on any atom is 0.307 e. The number of nitrogens with zero attached hydrogens (tertiary/aromatic N) is 2. The molecule has 0 atom stereocenters. The van der Waals surface area contributed by atoms with E-state index in [1.807, 2.05) is 47.0 Å². The van der Waals surface area contributed by atoms with Gasteiger partial charge in [0.25, 0.3) is 5.91 Å². The Morgan fingerprint density at radius 3 is 2.50 bits per heavy atom. The van der Waals surface area contributed by atoms with E-state index >= 15 is 0 Å². The molecule has 36 heavy (non-hydrogen) atoms. The molecule has 1 aromatic heterocycles. The molecule has 0 spiro atoms. The van der Waals surface area contributed by atoms with Crippen LogP contribution < -0.4 is 19.0 Å². The number of benzene rings is 3. The molecular formula is C27H24N2O6S. The van der Waals surface area contributed by atoms with E-state index in [-0.39, 0.29) is 12.4 Å². The fourth-order valence-electron chi connectivity index (χ4n) is 3.81. The smallest absolute Gasteiger partial charge is 0.307 e. The third-order valence-electron chi connectivity index (χ3n) is 5.45. The molecule has 2 heterocycles. The average Bonchev–Trinajstić information content (AvgIpc) is 3.22. The lowest BCUT2D eigenvalue weighted by atomic mass is 10.2. The van der Waals surface area contributed by atoms with Crippen molar-refractivity contribution >= 4 is 33.4 Å². The number of carbonyl (C=O) groups is 2. The Bertz CT molecular complexity index is 1470. The largest absolute Gasteiger partial charge is 0.486 e. The Morgan fingerprint density at radius 2 is 1.72 bits per heavy atom. The first-order valence-corrected chi connectivity index (χ1v) is 12.4. The van der Waals surface area contributed by atoms with Crippen molar-refractivity contribution in [2.75, 3.05) is 19.8 Å². The zero-order chi connectivity index (χ0) is 24.9. The summed E-state index contributed by atoms with van der Waals surface area (Å²) >= 11 is 1.35. The Balaban J connectivity index is 1.50. The number of rotatable bonds is 7. The van der Waals surface area contributed by atoms with Crippen LogP contribution in [0.5, 0.6) is 23.0 Å². The van der Waals surface area contributed by atoms with Crippen LogP contribution in [0.4, 0.5) is 0 Å². The summed E-state index contributed by atoms with van der Waals surface area (Å²) in [5, 5.41) is 0. The Kier molecular flexibility index (Phi) is 6.99. The number of aryl methyl sites for hydroxylation is 1. The zero-order valence-electron chi connectivity index (χ0n) is 19.6. The minimum absolute atomic E-state index is 0.149. The van der Waals surface area contributed by atoms with E-state index in [4.69, 9.17) is 18.9 Å². The van der Waals surface area contributed by atoms with Crippen molar-refractivity contribution in [2.45, 2.75) is 19.9 Å².